The number of nitrogens with one attached hydrogen (secondary N) is 2. The van der Waals surface area contributed by atoms with Gasteiger partial charge in [0.1, 0.15) is 5.84 Å². The summed E-state index contributed by atoms with van der Waals surface area (Å²) >= 11 is 0. The molecule has 0 radical (unpaired) electrons. The third kappa shape index (κ3) is 2.92. The van der Waals surface area contributed by atoms with Gasteiger partial charge in [0.05, 0.1) is 0 Å². The molecule has 0 aliphatic carbocycles. The van der Waals surface area contributed by atoms with Crippen LogP contribution in [0.2, 0.25) is 0 Å². The zero-order chi connectivity index (χ0) is 16.2. The monoisotopic (exact) mass is 303 g/mol. The quantitative estimate of drug-likeness (QED) is 0.901. The molecule has 0 spiro atoms. The van der Waals surface area contributed by atoms with Gasteiger partial charge in [0, 0.05) is 35.1 Å². The number of amides is 1. The highest BCUT2D eigenvalue weighted by Gasteiger charge is 2.21. The molecule has 4 heteroatoms. The summed E-state index contributed by atoms with van der Waals surface area (Å²) in [6.45, 7) is 3.75. The number of carbonyl (C=O) groups excluding carboxylic acids is 1. The Balaban J connectivity index is 1.90. The van der Waals surface area contributed by atoms with Crippen molar-refractivity contribution in [2.45, 2.75) is 0 Å². The van der Waals surface area contributed by atoms with Crippen LogP contribution in [-0.2, 0) is 0 Å². The first kappa shape index (κ1) is 14.8. The molecule has 1 amide bonds. The molecule has 114 valence electrons. The number of hydrogen-bond donors (Lipinski definition) is 2. The minimum atomic E-state index is -0.130. The molecule has 1 heterocycles. The molecule has 0 fully saturated rings. The Morgan fingerprint density at radius 1 is 1.22 bits per heavy atom. The topological polar surface area (TPSA) is 53.5 Å². The Morgan fingerprint density at radius 3 is 2.70 bits per heavy atom. The van der Waals surface area contributed by atoms with Crippen molar-refractivity contribution in [2.24, 2.45) is 4.99 Å². The lowest BCUT2D eigenvalue weighted by molar-refractivity contribution is 0.102. The molecule has 1 aliphatic heterocycles. The second-order valence-corrected chi connectivity index (χ2v) is 5.09. The molecule has 0 saturated heterocycles. The maximum Gasteiger partial charge on any atom is 0.255 e. The van der Waals surface area contributed by atoms with Gasteiger partial charge in [0.2, 0.25) is 0 Å². The van der Waals surface area contributed by atoms with Crippen molar-refractivity contribution < 1.29 is 4.79 Å². The fourth-order valence-electron chi connectivity index (χ4n) is 2.53. The predicted molar refractivity (Wildman–Crippen MR) is 96.0 cm³/mol. The van der Waals surface area contributed by atoms with Crippen molar-refractivity contribution in [1.82, 2.24) is 0 Å². The molecule has 23 heavy (non-hydrogen) atoms. The maximum atomic E-state index is 12.3. The summed E-state index contributed by atoms with van der Waals surface area (Å²) < 4.78 is 0. The molecule has 0 atom stereocenters. The average molecular weight is 303 g/mol. The van der Waals surface area contributed by atoms with E-state index in [0.717, 1.165) is 28.3 Å². The summed E-state index contributed by atoms with van der Waals surface area (Å²) in [5, 5.41) is 6.18. The van der Waals surface area contributed by atoms with Gasteiger partial charge < -0.3 is 10.6 Å². The van der Waals surface area contributed by atoms with Crippen LogP contribution in [0.25, 0.3) is 5.57 Å². The largest absolute Gasteiger partial charge is 0.340 e. The van der Waals surface area contributed by atoms with E-state index in [-0.39, 0.29) is 5.91 Å². The molecule has 0 saturated carbocycles. The van der Waals surface area contributed by atoms with Crippen molar-refractivity contribution in [3.8, 4) is 0 Å². The fraction of sp³-hybridized carbons (Fsp3) is 0.0526. The molecule has 0 bridgehead atoms. The Labute approximate surface area is 135 Å². The third-order valence-electron chi connectivity index (χ3n) is 3.62. The van der Waals surface area contributed by atoms with Gasteiger partial charge in [-0.1, -0.05) is 36.9 Å². The first-order chi connectivity index (χ1) is 11.2. The Kier molecular flexibility index (Phi) is 4.06. The lowest BCUT2D eigenvalue weighted by Gasteiger charge is -2.07. The molecule has 3 rings (SSSR count). The molecule has 2 aromatic carbocycles. The van der Waals surface area contributed by atoms with Gasteiger partial charge in [0.15, 0.2) is 0 Å². The van der Waals surface area contributed by atoms with Crippen LogP contribution in [0, 0.1) is 0 Å². The second-order valence-electron chi connectivity index (χ2n) is 5.09. The molecule has 1 aliphatic rings. The first-order valence-corrected chi connectivity index (χ1v) is 7.30. The summed E-state index contributed by atoms with van der Waals surface area (Å²) in [6, 6.07) is 14.9. The molecular weight excluding hydrogens is 286 g/mol. The van der Waals surface area contributed by atoms with E-state index in [4.69, 9.17) is 0 Å². The van der Waals surface area contributed by atoms with E-state index in [0.29, 0.717) is 5.56 Å². The summed E-state index contributed by atoms with van der Waals surface area (Å²) in [5.74, 6) is 0.668. The van der Waals surface area contributed by atoms with Crippen LogP contribution < -0.4 is 10.6 Å². The van der Waals surface area contributed by atoms with Gasteiger partial charge in [0.25, 0.3) is 5.91 Å². The van der Waals surface area contributed by atoms with Crippen molar-refractivity contribution in [2.75, 3.05) is 17.7 Å². The molecule has 0 aromatic heterocycles. The number of hydrogen-bond acceptors (Lipinski definition) is 2. The highest BCUT2D eigenvalue weighted by molar-refractivity contribution is 6.34. The fourth-order valence-corrected chi connectivity index (χ4v) is 2.53. The standard InChI is InChI=1S/C19H17N3O/c1-3-7-15-16-12-14(10-11-17(16)22-18(15)20-2)21-19(23)13-8-5-4-6-9-13/h3-12H,1H2,2H3,(H,20,22)(H,21,23). The summed E-state index contributed by atoms with van der Waals surface area (Å²) in [6.07, 6.45) is 3.64. The number of anilines is 2. The van der Waals surface area contributed by atoms with Crippen molar-refractivity contribution in [3.05, 3.63) is 78.4 Å². The van der Waals surface area contributed by atoms with Crippen molar-refractivity contribution in [1.29, 1.82) is 0 Å². The molecular formula is C19H17N3O. The van der Waals surface area contributed by atoms with Crippen LogP contribution in [0.15, 0.2) is 72.3 Å². The van der Waals surface area contributed by atoms with E-state index in [2.05, 4.69) is 22.2 Å². The Bertz CT molecular complexity index is 820. The van der Waals surface area contributed by atoms with E-state index in [1.807, 2.05) is 42.5 Å². The van der Waals surface area contributed by atoms with Crippen LogP contribution >= 0.6 is 0 Å². The summed E-state index contributed by atoms with van der Waals surface area (Å²) in [4.78, 5) is 16.5. The van der Waals surface area contributed by atoms with Crippen molar-refractivity contribution in [3.63, 3.8) is 0 Å². The van der Waals surface area contributed by atoms with Gasteiger partial charge in [-0.25, -0.2) is 0 Å². The Morgan fingerprint density at radius 2 is 2.00 bits per heavy atom. The first-order valence-electron chi connectivity index (χ1n) is 7.30. The number of fused-ring (bicyclic) bond motifs is 1. The van der Waals surface area contributed by atoms with E-state index in [1.54, 1.807) is 25.3 Å². The molecule has 2 aromatic rings. The molecule has 4 nitrogen and oxygen atoms in total. The van der Waals surface area contributed by atoms with Gasteiger partial charge in [-0.2, -0.15) is 0 Å². The number of benzene rings is 2. The zero-order valence-electron chi connectivity index (χ0n) is 12.8. The highest BCUT2D eigenvalue weighted by Crippen LogP contribution is 2.34. The van der Waals surface area contributed by atoms with Gasteiger partial charge in [-0.05, 0) is 30.3 Å². The maximum absolute atomic E-state index is 12.3. The van der Waals surface area contributed by atoms with Crippen LogP contribution in [0.5, 0.6) is 0 Å². The SMILES string of the molecule is C=CC=C1C(=NC)Nc2ccc(NC(=O)c3ccccc3)cc21. The van der Waals surface area contributed by atoms with E-state index in [9.17, 15) is 4.79 Å². The van der Waals surface area contributed by atoms with E-state index >= 15 is 0 Å². The van der Waals surface area contributed by atoms with Gasteiger partial charge in [-0.15, -0.1) is 0 Å². The van der Waals surface area contributed by atoms with Crippen LogP contribution in [0.4, 0.5) is 11.4 Å². The highest BCUT2D eigenvalue weighted by atomic mass is 16.1. The number of carbonyl (C=O) groups is 1. The van der Waals surface area contributed by atoms with Crippen LogP contribution in [-0.4, -0.2) is 18.8 Å². The lowest BCUT2D eigenvalue weighted by atomic mass is 10.1. The number of aliphatic imine (C=N–C) groups is 1. The molecule has 2 N–H and O–H groups in total. The average Bonchev–Trinajstić information content (AvgIpc) is 2.93. The number of rotatable bonds is 3. The minimum absolute atomic E-state index is 0.130. The number of amidine groups is 1. The van der Waals surface area contributed by atoms with Crippen LogP contribution in [0.1, 0.15) is 15.9 Å². The number of nitrogens with zero attached hydrogens (tertiary/aromatic N) is 1. The lowest BCUT2D eigenvalue weighted by Crippen LogP contribution is -2.11. The second kappa shape index (κ2) is 6.32. The van der Waals surface area contributed by atoms with E-state index < -0.39 is 0 Å². The summed E-state index contributed by atoms with van der Waals surface area (Å²) in [7, 11) is 1.74. The zero-order valence-corrected chi connectivity index (χ0v) is 12.8. The van der Waals surface area contributed by atoms with Gasteiger partial charge in [-0.3, -0.25) is 9.79 Å². The predicted octanol–water partition coefficient (Wildman–Crippen LogP) is 3.96. The Hall–Kier alpha value is -3.14. The number of allylic oxidation sites excluding steroid dienone is 2. The van der Waals surface area contributed by atoms with Gasteiger partial charge >= 0.3 is 0 Å². The van der Waals surface area contributed by atoms with E-state index in [1.165, 1.54) is 0 Å². The summed E-state index contributed by atoms with van der Waals surface area (Å²) in [5.41, 5.74) is 4.30. The van der Waals surface area contributed by atoms with Crippen LogP contribution in [0.3, 0.4) is 0 Å². The minimum Gasteiger partial charge on any atom is -0.340 e. The normalized spacial score (nSPS) is 16.0. The smallest absolute Gasteiger partial charge is 0.255 e. The molecule has 0 unspecified atom stereocenters. The van der Waals surface area contributed by atoms with Crippen molar-refractivity contribution >= 4 is 28.7 Å². The third-order valence-corrected chi connectivity index (χ3v) is 3.62.